The van der Waals surface area contributed by atoms with E-state index in [0.29, 0.717) is 25.4 Å². The number of aromatic nitrogens is 2. The molecular weight excluding hydrogens is 332 g/mol. The Morgan fingerprint density at radius 1 is 1.42 bits per heavy atom. The Hall–Kier alpha value is -2.85. The third kappa shape index (κ3) is 4.41. The van der Waals surface area contributed by atoms with Crippen LogP contribution in [0.25, 0.3) is 0 Å². The van der Waals surface area contributed by atoms with Crippen LogP contribution >= 0.6 is 0 Å². The molecule has 1 N–H and O–H groups in total. The van der Waals surface area contributed by atoms with Gasteiger partial charge in [0.25, 0.3) is 0 Å². The Morgan fingerprint density at radius 2 is 2.23 bits per heavy atom. The molecule has 26 heavy (non-hydrogen) atoms. The number of hydrogen-bond donors (Lipinski definition) is 1. The third-order valence-corrected chi connectivity index (χ3v) is 4.33. The maximum atomic E-state index is 12.5. The normalized spacial score (nSPS) is 19.1. The van der Waals surface area contributed by atoms with Crippen molar-refractivity contribution in [1.29, 1.82) is 5.26 Å². The summed E-state index contributed by atoms with van der Waals surface area (Å²) in [5, 5.41) is 16.1. The second kappa shape index (κ2) is 8.50. The first-order chi connectivity index (χ1) is 12.7. The van der Waals surface area contributed by atoms with Crippen LogP contribution in [0.15, 0.2) is 36.7 Å². The van der Waals surface area contributed by atoms with Gasteiger partial charge < -0.3 is 14.8 Å². The largest absolute Gasteiger partial charge is 0.482 e. The number of hydrogen-bond acceptors (Lipinski definition) is 5. The minimum Gasteiger partial charge on any atom is -0.482 e. The zero-order valence-corrected chi connectivity index (χ0v) is 14.7. The van der Waals surface area contributed by atoms with E-state index in [1.165, 1.54) is 0 Å². The highest BCUT2D eigenvalue weighted by molar-refractivity contribution is 5.79. The van der Waals surface area contributed by atoms with Crippen molar-refractivity contribution in [3.05, 3.63) is 47.8 Å². The van der Waals surface area contributed by atoms with E-state index < -0.39 is 0 Å². The van der Waals surface area contributed by atoms with Gasteiger partial charge >= 0.3 is 0 Å². The first kappa shape index (κ1) is 18.0. The SMILES string of the molecule is CCn1cc(O[C@@H]2COC[C@@H]2NC(=O)Cc2ccccc2CC#N)cn1. The third-order valence-electron chi connectivity index (χ3n) is 4.33. The Kier molecular flexibility index (Phi) is 5.87. The second-order valence-electron chi connectivity index (χ2n) is 6.18. The Labute approximate surface area is 152 Å². The van der Waals surface area contributed by atoms with Crippen LogP contribution in [0.4, 0.5) is 0 Å². The van der Waals surface area contributed by atoms with E-state index >= 15 is 0 Å². The van der Waals surface area contributed by atoms with E-state index in [1.54, 1.807) is 10.9 Å². The Bertz CT molecular complexity index is 796. The zero-order chi connectivity index (χ0) is 18.4. The molecule has 0 radical (unpaired) electrons. The summed E-state index contributed by atoms with van der Waals surface area (Å²) in [5.41, 5.74) is 1.75. The molecule has 7 nitrogen and oxygen atoms in total. The Morgan fingerprint density at radius 3 is 2.96 bits per heavy atom. The first-order valence-corrected chi connectivity index (χ1v) is 8.69. The van der Waals surface area contributed by atoms with Crippen molar-refractivity contribution < 1.29 is 14.3 Å². The molecule has 1 aliphatic rings. The maximum Gasteiger partial charge on any atom is 0.224 e. The fourth-order valence-electron chi connectivity index (χ4n) is 2.96. The lowest BCUT2D eigenvalue weighted by Gasteiger charge is -2.20. The van der Waals surface area contributed by atoms with Gasteiger partial charge in [0.05, 0.1) is 50.6 Å². The molecule has 1 aromatic heterocycles. The summed E-state index contributed by atoms with van der Waals surface area (Å²) in [6.07, 6.45) is 3.77. The van der Waals surface area contributed by atoms with Crippen LogP contribution in [-0.4, -0.2) is 41.0 Å². The maximum absolute atomic E-state index is 12.5. The first-order valence-electron chi connectivity index (χ1n) is 8.69. The predicted octanol–water partition coefficient (Wildman–Crippen LogP) is 1.47. The van der Waals surface area contributed by atoms with Crippen LogP contribution in [0.1, 0.15) is 18.1 Å². The minimum absolute atomic E-state index is 0.108. The van der Waals surface area contributed by atoms with Crippen molar-refractivity contribution in [1.82, 2.24) is 15.1 Å². The highest BCUT2D eigenvalue weighted by Gasteiger charge is 2.31. The van der Waals surface area contributed by atoms with Crippen molar-refractivity contribution in [2.24, 2.45) is 0 Å². The molecule has 136 valence electrons. The molecule has 0 unspecified atom stereocenters. The molecule has 2 heterocycles. The number of rotatable bonds is 7. The minimum atomic E-state index is -0.247. The van der Waals surface area contributed by atoms with Crippen LogP contribution in [0.3, 0.4) is 0 Å². The average molecular weight is 354 g/mol. The van der Waals surface area contributed by atoms with Gasteiger partial charge in [-0.1, -0.05) is 24.3 Å². The zero-order valence-electron chi connectivity index (χ0n) is 14.7. The molecule has 3 rings (SSSR count). The molecule has 1 amide bonds. The molecule has 1 aliphatic heterocycles. The van der Waals surface area contributed by atoms with Gasteiger partial charge in [-0.05, 0) is 18.1 Å². The smallest absolute Gasteiger partial charge is 0.224 e. The molecule has 2 aromatic rings. The highest BCUT2D eigenvalue weighted by Crippen LogP contribution is 2.17. The van der Waals surface area contributed by atoms with Crippen LogP contribution in [0.2, 0.25) is 0 Å². The number of nitrogens with zero attached hydrogens (tertiary/aromatic N) is 3. The molecule has 2 atom stereocenters. The van der Waals surface area contributed by atoms with E-state index in [9.17, 15) is 4.79 Å². The fraction of sp³-hybridized carbons (Fsp3) is 0.421. The number of nitriles is 1. The summed E-state index contributed by atoms with van der Waals surface area (Å²) in [6, 6.07) is 9.42. The number of carbonyl (C=O) groups excluding carboxylic acids is 1. The van der Waals surface area contributed by atoms with Crippen LogP contribution in [0.5, 0.6) is 5.75 Å². The highest BCUT2D eigenvalue weighted by atomic mass is 16.5. The van der Waals surface area contributed by atoms with Crippen molar-refractivity contribution in [2.45, 2.75) is 38.5 Å². The van der Waals surface area contributed by atoms with Gasteiger partial charge in [0, 0.05) is 6.54 Å². The quantitative estimate of drug-likeness (QED) is 0.813. The van der Waals surface area contributed by atoms with Gasteiger partial charge in [0.1, 0.15) is 6.10 Å². The van der Waals surface area contributed by atoms with Crippen molar-refractivity contribution in [3.8, 4) is 11.8 Å². The van der Waals surface area contributed by atoms with E-state index in [-0.39, 0.29) is 24.5 Å². The van der Waals surface area contributed by atoms with Gasteiger partial charge in [-0.2, -0.15) is 10.4 Å². The lowest BCUT2D eigenvalue weighted by molar-refractivity contribution is -0.121. The number of ether oxygens (including phenoxy) is 2. The molecule has 1 aromatic carbocycles. The van der Waals surface area contributed by atoms with E-state index in [4.69, 9.17) is 14.7 Å². The van der Waals surface area contributed by atoms with E-state index in [0.717, 1.165) is 17.7 Å². The average Bonchev–Trinajstić information content (AvgIpc) is 3.27. The summed E-state index contributed by atoms with van der Waals surface area (Å²) in [7, 11) is 0. The van der Waals surface area contributed by atoms with Gasteiger partial charge in [-0.15, -0.1) is 0 Å². The lowest BCUT2D eigenvalue weighted by atomic mass is 10.0. The lowest BCUT2D eigenvalue weighted by Crippen LogP contribution is -2.45. The monoisotopic (exact) mass is 354 g/mol. The molecule has 0 saturated carbocycles. The Balaban J connectivity index is 1.59. The molecule has 0 spiro atoms. The molecular formula is C19H22N4O3. The van der Waals surface area contributed by atoms with E-state index in [2.05, 4.69) is 16.5 Å². The number of aryl methyl sites for hydroxylation is 1. The van der Waals surface area contributed by atoms with Gasteiger partial charge in [-0.3, -0.25) is 9.48 Å². The number of benzene rings is 1. The number of nitrogens with one attached hydrogen (secondary N) is 1. The van der Waals surface area contributed by atoms with Crippen LogP contribution in [-0.2, 0) is 28.9 Å². The summed E-state index contributed by atoms with van der Waals surface area (Å²) in [4.78, 5) is 12.5. The van der Waals surface area contributed by atoms with Crippen molar-refractivity contribution >= 4 is 5.91 Å². The topological polar surface area (TPSA) is 89.2 Å². The summed E-state index contributed by atoms with van der Waals surface area (Å²) in [6.45, 7) is 3.61. The van der Waals surface area contributed by atoms with Gasteiger partial charge in [-0.25, -0.2) is 0 Å². The summed E-state index contributed by atoms with van der Waals surface area (Å²) < 4.78 is 13.2. The molecule has 1 saturated heterocycles. The second-order valence-corrected chi connectivity index (χ2v) is 6.18. The van der Waals surface area contributed by atoms with E-state index in [1.807, 2.05) is 37.4 Å². The number of amides is 1. The fourth-order valence-corrected chi connectivity index (χ4v) is 2.96. The van der Waals surface area contributed by atoms with Crippen molar-refractivity contribution in [3.63, 3.8) is 0 Å². The van der Waals surface area contributed by atoms with Crippen molar-refractivity contribution in [2.75, 3.05) is 13.2 Å². The molecule has 0 bridgehead atoms. The van der Waals surface area contributed by atoms with Gasteiger partial charge in [0.2, 0.25) is 5.91 Å². The summed E-state index contributed by atoms with van der Waals surface area (Å²) in [5.74, 6) is 0.560. The van der Waals surface area contributed by atoms with Crippen LogP contribution < -0.4 is 10.1 Å². The standard InChI is InChI=1S/C19H22N4O3/c1-2-23-11-16(10-21-23)26-18-13-25-12-17(18)22-19(24)9-15-6-4-3-5-14(15)7-8-20/h3-6,10-11,17-18H,2,7,9,12-13H2,1H3,(H,22,24)/t17-,18+/m0/s1. The predicted molar refractivity (Wildman–Crippen MR) is 94.5 cm³/mol. The molecule has 0 aliphatic carbocycles. The summed E-state index contributed by atoms with van der Waals surface area (Å²) >= 11 is 0. The van der Waals surface area contributed by atoms with Crippen LogP contribution in [0, 0.1) is 11.3 Å². The van der Waals surface area contributed by atoms with Gasteiger partial charge in [0.15, 0.2) is 5.75 Å². The number of carbonyl (C=O) groups is 1. The molecule has 1 fully saturated rings. The molecule has 7 heteroatoms.